The lowest BCUT2D eigenvalue weighted by Crippen LogP contribution is -2.10. The molecule has 1 heterocycles. The van der Waals surface area contributed by atoms with Gasteiger partial charge in [0, 0.05) is 13.2 Å². The summed E-state index contributed by atoms with van der Waals surface area (Å²) < 4.78 is 51.2. The van der Waals surface area contributed by atoms with Crippen molar-refractivity contribution in [2.75, 3.05) is 18.5 Å². The zero-order valence-electron chi connectivity index (χ0n) is 8.23. The van der Waals surface area contributed by atoms with Gasteiger partial charge in [-0.2, -0.15) is 22.5 Å². The summed E-state index contributed by atoms with van der Waals surface area (Å²) in [6, 6.07) is 0. The predicted molar refractivity (Wildman–Crippen MR) is 48.9 cm³/mol. The second-order valence-electron chi connectivity index (χ2n) is 3.05. The van der Waals surface area contributed by atoms with E-state index in [9.17, 15) is 17.6 Å². The van der Waals surface area contributed by atoms with E-state index in [1.165, 1.54) is 0 Å². The van der Waals surface area contributed by atoms with Crippen molar-refractivity contribution < 1.29 is 22.7 Å². The van der Waals surface area contributed by atoms with Crippen LogP contribution in [-0.2, 0) is 0 Å². The van der Waals surface area contributed by atoms with Gasteiger partial charge in [0.15, 0.2) is 0 Å². The highest BCUT2D eigenvalue weighted by Gasteiger charge is 2.19. The van der Waals surface area contributed by atoms with Crippen molar-refractivity contribution in [1.82, 2.24) is 4.98 Å². The number of aliphatic hydroxyl groups is 1. The Labute approximate surface area is 89.1 Å². The number of aromatic nitrogens is 1. The van der Waals surface area contributed by atoms with E-state index in [1.807, 2.05) is 0 Å². The number of anilines is 1. The SMILES string of the molecule is OCCCCNc1c(F)c(F)nc(F)c1F. The number of aliphatic hydroxyl groups excluding tert-OH is 1. The molecule has 1 aromatic rings. The maximum Gasteiger partial charge on any atom is 0.253 e. The summed E-state index contributed by atoms with van der Waals surface area (Å²) in [4.78, 5) is 2.41. The Morgan fingerprint density at radius 2 is 1.56 bits per heavy atom. The third kappa shape index (κ3) is 2.82. The number of halogens is 4. The number of hydrogen-bond donors (Lipinski definition) is 2. The first-order valence-corrected chi connectivity index (χ1v) is 4.62. The lowest BCUT2D eigenvalue weighted by atomic mass is 10.3. The zero-order chi connectivity index (χ0) is 12.1. The van der Waals surface area contributed by atoms with E-state index in [-0.39, 0.29) is 13.2 Å². The van der Waals surface area contributed by atoms with Crippen LogP contribution in [0.2, 0.25) is 0 Å². The summed E-state index contributed by atoms with van der Waals surface area (Å²) in [5, 5.41) is 10.7. The molecular formula is C9H10F4N2O. The van der Waals surface area contributed by atoms with E-state index in [0.29, 0.717) is 12.8 Å². The fourth-order valence-electron chi connectivity index (χ4n) is 1.09. The number of unbranched alkanes of at least 4 members (excludes halogenated alkanes) is 1. The van der Waals surface area contributed by atoms with Crippen LogP contribution in [0.1, 0.15) is 12.8 Å². The minimum Gasteiger partial charge on any atom is -0.396 e. The van der Waals surface area contributed by atoms with E-state index in [1.54, 1.807) is 0 Å². The summed E-state index contributed by atoms with van der Waals surface area (Å²) in [5.74, 6) is -6.49. The van der Waals surface area contributed by atoms with Crippen molar-refractivity contribution in [3.8, 4) is 0 Å². The summed E-state index contributed by atoms with van der Waals surface area (Å²) in [7, 11) is 0. The van der Waals surface area contributed by atoms with Crippen molar-refractivity contribution in [2.24, 2.45) is 0 Å². The highest BCUT2D eigenvalue weighted by Crippen LogP contribution is 2.21. The van der Waals surface area contributed by atoms with Crippen LogP contribution < -0.4 is 5.32 Å². The molecule has 0 spiro atoms. The van der Waals surface area contributed by atoms with Crippen molar-refractivity contribution >= 4 is 5.69 Å². The van der Waals surface area contributed by atoms with Gasteiger partial charge in [-0.05, 0) is 12.8 Å². The van der Waals surface area contributed by atoms with Gasteiger partial charge < -0.3 is 10.4 Å². The van der Waals surface area contributed by atoms with Crippen LogP contribution in [-0.4, -0.2) is 23.2 Å². The lowest BCUT2D eigenvalue weighted by molar-refractivity contribution is 0.286. The van der Waals surface area contributed by atoms with Crippen molar-refractivity contribution in [2.45, 2.75) is 12.8 Å². The van der Waals surface area contributed by atoms with Crippen molar-refractivity contribution in [3.05, 3.63) is 23.5 Å². The normalized spacial score (nSPS) is 10.6. The van der Waals surface area contributed by atoms with Gasteiger partial charge in [0.25, 0.3) is 11.9 Å². The Hall–Kier alpha value is -1.37. The molecular weight excluding hydrogens is 228 g/mol. The van der Waals surface area contributed by atoms with Gasteiger partial charge in [-0.3, -0.25) is 0 Å². The number of rotatable bonds is 5. The second kappa shape index (κ2) is 5.64. The number of nitrogens with zero attached hydrogens (tertiary/aromatic N) is 1. The molecule has 7 heteroatoms. The van der Waals surface area contributed by atoms with Gasteiger partial charge in [-0.25, -0.2) is 0 Å². The minimum absolute atomic E-state index is 0.0638. The third-order valence-corrected chi connectivity index (χ3v) is 1.88. The summed E-state index contributed by atoms with van der Waals surface area (Å²) in [5.41, 5.74) is -0.872. The molecule has 2 N–H and O–H groups in total. The molecule has 0 fully saturated rings. The number of pyridine rings is 1. The standard InChI is InChI=1S/C9H10F4N2O/c10-5-7(14-3-1-2-4-16)6(11)9(13)15-8(5)12/h16H,1-4H2,(H,14,15). The first-order chi connectivity index (χ1) is 7.57. The molecule has 0 bridgehead atoms. The van der Waals surface area contributed by atoms with Gasteiger partial charge in [-0.15, -0.1) is 0 Å². The monoisotopic (exact) mass is 238 g/mol. The average molecular weight is 238 g/mol. The summed E-state index contributed by atoms with van der Waals surface area (Å²) in [6.45, 7) is 0.0308. The van der Waals surface area contributed by atoms with Gasteiger partial charge in [0.2, 0.25) is 11.6 Å². The average Bonchev–Trinajstić information content (AvgIpc) is 2.25. The Kier molecular flexibility index (Phi) is 4.48. The van der Waals surface area contributed by atoms with Crippen LogP contribution in [0.5, 0.6) is 0 Å². The molecule has 0 saturated carbocycles. The zero-order valence-corrected chi connectivity index (χ0v) is 8.23. The van der Waals surface area contributed by atoms with Gasteiger partial charge in [0.1, 0.15) is 5.69 Å². The predicted octanol–water partition coefficient (Wildman–Crippen LogP) is 1.82. The van der Waals surface area contributed by atoms with Crippen LogP contribution in [0.3, 0.4) is 0 Å². The molecule has 1 rings (SSSR count). The topological polar surface area (TPSA) is 45.1 Å². The molecule has 3 nitrogen and oxygen atoms in total. The maximum absolute atomic E-state index is 13.0. The van der Waals surface area contributed by atoms with Gasteiger partial charge in [-0.1, -0.05) is 0 Å². The first kappa shape index (κ1) is 12.7. The van der Waals surface area contributed by atoms with Crippen LogP contribution in [0.4, 0.5) is 23.2 Å². The molecule has 0 aliphatic carbocycles. The molecule has 0 atom stereocenters. The molecule has 90 valence electrons. The van der Waals surface area contributed by atoms with E-state index in [4.69, 9.17) is 5.11 Å². The van der Waals surface area contributed by atoms with E-state index in [2.05, 4.69) is 10.3 Å². The molecule has 0 saturated heterocycles. The summed E-state index contributed by atoms with van der Waals surface area (Å²) in [6.07, 6.45) is 0.841. The van der Waals surface area contributed by atoms with E-state index in [0.717, 1.165) is 0 Å². The molecule has 0 aliphatic rings. The van der Waals surface area contributed by atoms with E-state index < -0.39 is 29.2 Å². The van der Waals surface area contributed by atoms with Gasteiger partial charge in [0.05, 0.1) is 0 Å². The molecule has 0 amide bonds. The van der Waals surface area contributed by atoms with Crippen LogP contribution in [0.15, 0.2) is 0 Å². The van der Waals surface area contributed by atoms with Crippen molar-refractivity contribution in [3.63, 3.8) is 0 Å². The van der Waals surface area contributed by atoms with Gasteiger partial charge >= 0.3 is 0 Å². The molecule has 1 aromatic heterocycles. The molecule has 0 aromatic carbocycles. The highest BCUT2D eigenvalue weighted by molar-refractivity contribution is 5.45. The Morgan fingerprint density at radius 1 is 1.00 bits per heavy atom. The molecule has 16 heavy (non-hydrogen) atoms. The minimum atomic E-state index is -1.69. The molecule has 0 radical (unpaired) electrons. The number of hydrogen-bond acceptors (Lipinski definition) is 3. The highest BCUT2D eigenvalue weighted by atomic mass is 19.2. The Morgan fingerprint density at radius 3 is 2.06 bits per heavy atom. The fraction of sp³-hybridized carbons (Fsp3) is 0.444. The largest absolute Gasteiger partial charge is 0.396 e. The van der Waals surface area contributed by atoms with Crippen LogP contribution in [0.25, 0.3) is 0 Å². The van der Waals surface area contributed by atoms with Crippen LogP contribution >= 0.6 is 0 Å². The summed E-state index contributed by atoms with van der Waals surface area (Å²) >= 11 is 0. The fourth-order valence-corrected chi connectivity index (χ4v) is 1.09. The quantitative estimate of drug-likeness (QED) is 0.467. The van der Waals surface area contributed by atoms with Crippen molar-refractivity contribution in [1.29, 1.82) is 0 Å². The molecule has 0 unspecified atom stereocenters. The van der Waals surface area contributed by atoms with E-state index >= 15 is 0 Å². The first-order valence-electron chi connectivity index (χ1n) is 4.62. The Balaban J connectivity index is 2.78. The Bertz CT molecular complexity index is 347. The third-order valence-electron chi connectivity index (χ3n) is 1.88. The number of nitrogens with one attached hydrogen (secondary N) is 1. The van der Waals surface area contributed by atoms with Crippen LogP contribution in [0, 0.1) is 23.5 Å². The molecule has 0 aliphatic heterocycles. The lowest BCUT2D eigenvalue weighted by Gasteiger charge is -2.08. The second-order valence-corrected chi connectivity index (χ2v) is 3.05. The smallest absolute Gasteiger partial charge is 0.253 e. The maximum atomic E-state index is 13.0.